The van der Waals surface area contributed by atoms with Gasteiger partial charge < -0.3 is 15.0 Å². The van der Waals surface area contributed by atoms with Gasteiger partial charge in [0.2, 0.25) is 5.91 Å². The summed E-state index contributed by atoms with van der Waals surface area (Å²) in [6.45, 7) is 3.24. The molecule has 1 N–H and O–H groups in total. The molecule has 0 spiro atoms. The molecule has 2 amide bonds. The maximum Gasteiger partial charge on any atom is 0.255 e. The number of aryl methyl sites for hydroxylation is 1. The van der Waals surface area contributed by atoms with Gasteiger partial charge in [0.1, 0.15) is 0 Å². The van der Waals surface area contributed by atoms with Crippen molar-refractivity contribution in [2.24, 2.45) is 0 Å². The van der Waals surface area contributed by atoms with Gasteiger partial charge in [0.05, 0.1) is 6.61 Å². The highest BCUT2D eigenvalue weighted by Gasteiger charge is 2.23. The number of anilines is 2. The minimum atomic E-state index is -0.159. The molecule has 0 atom stereocenters. The van der Waals surface area contributed by atoms with Crippen molar-refractivity contribution in [3.05, 3.63) is 59.2 Å². The van der Waals surface area contributed by atoms with Crippen molar-refractivity contribution in [3.8, 4) is 0 Å². The Kier molecular flexibility index (Phi) is 5.14. The summed E-state index contributed by atoms with van der Waals surface area (Å²) in [6, 6.07) is 13.0. The lowest BCUT2D eigenvalue weighted by atomic mass is 10.1. The number of benzene rings is 2. The molecule has 3 rings (SSSR count). The summed E-state index contributed by atoms with van der Waals surface area (Å²) in [5.41, 5.74) is 4.23. The van der Waals surface area contributed by atoms with Crippen LogP contribution >= 0.6 is 0 Å². The van der Waals surface area contributed by atoms with Crippen LogP contribution in [0.1, 0.15) is 34.3 Å². The predicted octanol–water partition coefficient (Wildman–Crippen LogP) is 3.52. The summed E-state index contributed by atoms with van der Waals surface area (Å²) in [7, 11) is 1.64. The van der Waals surface area contributed by atoms with Gasteiger partial charge in [0.15, 0.2) is 0 Å². The molecule has 0 bridgehead atoms. The number of ether oxygens (including phenoxy) is 1. The Hall–Kier alpha value is -2.66. The molecule has 1 heterocycles. The Labute approximate surface area is 147 Å². The number of amides is 2. The zero-order valence-corrected chi connectivity index (χ0v) is 14.5. The maximum absolute atomic E-state index is 12.4. The largest absolute Gasteiger partial charge is 0.380 e. The van der Waals surface area contributed by atoms with E-state index in [4.69, 9.17) is 4.74 Å². The maximum atomic E-state index is 12.4. The van der Waals surface area contributed by atoms with E-state index in [1.165, 1.54) is 0 Å². The number of nitrogens with zero attached hydrogens (tertiary/aromatic N) is 1. The zero-order chi connectivity index (χ0) is 17.8. The van der Waals surface area contributed by atoms with E-state index in [0.29, 0.717) is 18.6 Å². The molecule has 0 radical (unpaired) electrons. The quantitative estimate of drug-likeness (QED) is 0.907. The second kappa shape index (κ2) is 7.49. The van der Waals surface area contributed by atoms with Gasteiger partial charge in [-0.3, -0.25) is 9.59 Å². The van der Waals surface area contributed by atoms with Gasteiger partial charge in [0.25, 0.3) is 5.91 Å². The first-order valence-corrected chi connectivity index (χ1v) is 8.39. The summed E-state index contributed by atoms with van der Waals surface area (Å²) in [6.07, 6.45) is 1.51. The Morgan fingerprint density at radius 1 is 1.20 bits per heavy atom. The van der Waals surface area contributed by atoms with Crippen LogP contribution in [0.5, 0.6) is 0 Å². The lowest BCUT2D eigenvalue weighted by Crippen LogP contribution is -2.24. The monoisotopic (exact) mass is 338 g/mol. The molecule has 2 aromatic rings. The first-order valence-electron chi connectivity index (χ1n) is 8.39. The van der Waals surface area contributed by atoms with E-state index in [-0.39, 0.29) is 11.8 Å². The number of carbonyl (C=O) groups excluding carboxylic acids is 2. The van der Waals surface area contributed by atoms with Crippen LogP contribution in [-0.4, -0.2) is 25.5 Å². The number of methoxy groups -OCH3 is 1. The topological polar surface area (TPSA) is 58.6 Å². The minimum Gasteiger partial charge on any atom is -0.380 e. The molecular formula is C20H22N2O3. The van der Waals surface area contributed by atoms with Crippen LogP contribution in [0.2, 0.25) is 0 Å². The fourth-order valence-corrected chi connectivity index (χ4v) is 3.06. The van der Waals surface area contributed by atoms with E-state index < -0.39 is 0 Å². The Bertz CT molecular complexity index is 784. The van der Waals surface area contributed by atoms with E-state index in [0.717, 1.165) is 35.5 Å². The van der Waals surface area contributed by atoms with Crippen molar-refractivity contribution >= 4 is 23.2 Å². The van der Waals surface area contributed by atoms with Crippen molar-refractivity contribution in [1.29, 1.82) is 0 Å². The molecule has 0 unspecified atom stereocenters. The van der Waals surface area contributed by atoms with Crippen molar-refractivity contribution in [1.82, 2.24) is 0 Å². The normalized spacial score (nSPS) is 14.0. The molecule has 1 fully saturated rings. The van der Waals surface area contributed by atoms with Crippen LogP contribution < -0.4 is 10.2 Å². The number of rotatable bonds is 5. The lowest BCUT2D eigenvalue weighted by Gasteiger charge is -2.19. The first kappa shape index (κ1) is 17.2. The molecule has 1 aliphatic heterocycles. The van der Waals surface area contributed by atoms with Crippen LogP contribution in [0.4, 0.5) is 11.4 Å². The number of nitrogens with one attached hydrogen (secondary N) is 1. The van der Waals surface area contributed by atoms with E-state index >= 15 is 0 Å². The van der Waals surface area contributed by atoms with E-state index in [1.807, 2.05) is 42.2 Å². The van der Waals surface area contributed by atoms with E-state index in [9.17, 15) is 9.59 Å². The first-order chi connectivity index (χ1) is 12.1. The lowest BCUT2D eigenvalue weighted by molar-refractivity contribution is -0.117. The average Bonchev–Trinajstić information content (AvgIpc) is 3.02. The molecule has 130 valence electrons. The average molecular weight is 338 g/mol. The van der Waals surface area contributed by atoms with Crippen molar-refractivity contribution in [3.63, 3.8) is 0 Å². The number of hydrogen-bond acceptors (Lipinski definition) is 3. The molecular weight excluding hydrogens is 316 g/mol. The van der Waals surface area contributed by atoms with Crippen LogP contribution in [0.3, 0.4) is 0 Å². The summed E-state index contributed by atoms with van der Waals surface area (Å²) in [5, 5.41) is 2.91. The van der Waals surface area contributed by atoms with Crippen LogP contribution in [-0.2, 0) is 16.1 Å². The molecule has 5 heteroatoms. The SMILES string of the molecule is COCc1ccc(C(=O)Nc2ccc(N3CCCC3=O)c(C)c2)cc1. The zero-order valence-electron chi connectivity index (χ0n) is 14.5. The third kappa shape index (κ3) is 3.88. The third-order valence-corrected chi connectivity index (χ3v) is 4.35. The molecule has 0 saturated carbocycles. The predicted molar refractivity (Wildman–Crippen MR) is 97.9 cm³/mol. The second-order valence-corrected chi connectivity index (χ2v) is 6.23. The third-order valence-electron chi connectivity index (χ3n) is 4.35. The Balaban J connectivity index is 1.71. The Morgan fingerprint density at radius 3 is 2.56 bits per heavy atom. The molecule has 0 aliphatic carbocycles. The van der Waals surface area contributed by atoms with Crippen molar-refractivity contribution < 1.29 is 14.3 Å². The summed E-state index contributed by atoms with van der Waals surface area (Å²) in [5.74, 6) is 0.00407. The Morgan fingerprint density at radius 2 is 1.96 bits per heavy atom. The smallest absolute Gasteiger partial charge is 0.255 e. The van der Waals surface area contributed by atoms with E-state index in [2.05, 4.69) is 5.32 Å². The summed E-state index contributed by atoms with van der Waals surface area (Å²) < 4.78 is 5.07. The minimum absolute atomic E-state index is 0.159. The molecule has 5 nitrogen and oxygen atoms in total. The summed E-state index contributed by atoms with van der Waals surface area (Å²) >= 11 is 0. The van der Waals surface area contributed by atoms with Gasteiger partial charge in [-0.25, -0.2) is 0 Å². The molecule has 2 aromatic carbocycles. The number of carbonyl (C=O) groups is 2. The van der Waals surface area contributed by atoms with Crippen LogP contribution in [0.25, 0.3) is 0 Å². The van der Waals surface area contributed by atoms with Gasteiger partial charge >= 0.3 is 0 Å². The highest BCUT2D eigenvalue weighted by atomic mass is 16.5. The van der Waals surface area contributed by atoms with Gasteiger partial charge in [-0.2, -0.15) is 0 Å². The van der Waals surface area contributed by atoms with Crippen LogP contribution in [0, 0.1) is 6.92 Å². The fraction of sp³-hybridized carbons (Fsp3) is 0.300. The highest BCUT2D eigenvalue weighted by molar-refractivity contribution is 6.04. The molecule has 1 saturated heterocycles. The van der Waals surface area contributed by atoms with Gasteiger partial charge in [-0.15, -0.1) is 0 Å². The molecule has 1 aliphatic rings. The van der Waals surface area contributed by atoms with Gasteiger partial charge in [-0.1, -0.05) is 12.1 Å². The van der Waals surface area contributed by atoms with Crippen molar-refractivity contribution in [2.75, 3.05) is 23.9 Å². The fourth-order valence-electron chi connectivity index (χ4n) is 3.06. The van der Waals surface area contributed by atoms with E-state index in [1.54, 1.807) is 19.2 Å². The summed E-state index contributed by atoms with van der Waals surface area (Å²) in [4.78, 5) is 26.1. The second-order valence-electron chi connectivity index (χ2n) is 6.23. The molecule has 0 aromatic heterocycles. The highest BCUT2D eigenvalue weighted by Crippen LogP contribution is 2.27. The molecule has 25 heavy (non-hydrogen) atoms. The van der Waals surface area contributed by atoms with Gasteiger partial charge in [-0.05, 0) is 54.8 Å². The number of hydrogen-bond donors (Lipinski definition) is 1. The van der Waals surface area contributed by atoms with Gasteiger partial charge in [0, 0.05) is 37.0 Å². The standard InChI is InChI=1S/C20H22N2O3/c1-14-12-17(9-10-18(14)22-11-3-4-19(22)23)21-20(24)16-7-5-15(6-8-16)13-25-2/h5-10,12H,3-4,11,13H2,1-2H3,(H,21,24). The van der Waals surface area contributed by atoms with Crippen molar-refractivity contribution in [2.45, 2.75) is 26.4 Å². The van der Waals surface area contributed by atoms with Crippen LogP contribution in [0.15, 0.2) is 42.5 Å².